The molecule has 0 saturated carbocycles. The third-order valence-electron chi connectivity index (χ3n) is 5.06. The van der Waals surface area contributed by atoms with E-state index < -0.39 is 0 Å². The Hall–Kier alpha value is -2.32. The second kappa shape index (κ2) is 10.3. The molecule has 3 rings (SSSR count). The number of nitrogens with zero attached hydrogens (tertiary/aromatic N) is 3. The van der Waals surface area contributed by atoms with Gasteiger partial charge in [0, 0.05) is 44.8 Å². The number of benzene rings is 1. The molecule has 2 saturated heterocycles. The zero-order valence-corrected chi connectivity index (χ0v) is 16.8. The maximum Gasteiger partial charge on any atom is 0.325 e. The zero-order valence-electron chi connectivity index (χ0n) is 16.0. The predicted octanol–water partition coefficient (Wildman–Crippen LogP) is 1.10. The van der Waals surface area contributed by atoms with Crippen molar-refractivity contribution in [1.29, 1.82) is 0 Å². The van der Waals surface area contributed by atoms with Crippen LogP contribution in [0.15, 0.2) is 30.3 Å². The van der Waals surface area contributed by atoms with Gasteiger partial charge in [0.05, 0.1) is 13.2 Å². The Balaban J connectivity index is 0.00000280. The highest BCUT2D eigenvalue weighted by Gasteiger charge is 2.39. The molecule has 1 N–H and O–H groups in total. The lowest BCUT2D eigenvalue weighted by molar-refractivity contribution is -0.140. The number of piperazine rings is 1. The van der Waals surface area contributed by atoms with Crippen molar-refractivity contribution in [2.24, 2.45) is 0 Å². The molecule has 3 amide bonds. The summed E-state index contributed by atoms with van der Waals surface area (Å²) in [4.78, 5) is 42.3. The summed E-state index contributed by atoms with van der Waals surface area (Å²) in [6.07, 6.45) is 0.686. The van der Waals surface area contributed by atoms with Crippen LogP contribution in [0.1, 0.15) is 12.8 Å². The molecule has 1 atom stereocenters. The van der Waals surface area contributed by atoms with Gasteiger partial charge in [-0.05, 0) is 18.6 Å². The number of esters is 1. The molecule has 2 aliphatic heterocycles. The molecule has 0 bridgehead atoms. The molecule has 0 radical (unpaired) electrons. The summed E-state index contributed by atoms with van der Waals surface area (Å²) in [6.45, 7) is 3.32. The summed E-state index contributed by atoms with van der Waals surface area (Å²) in [6, 6.07) is 8.99. The van der Waals surface area contributed by atoms with Gasteiger partial charge in [-0.3, -0.25) is 14.5 Å². The Kier molecular flexibility index (Phi) is 8.07. The normalized spacial score (nSPS) is 19.4. The van der Waals surface area contributed by atoms with Crippen LogP contribution in [0.3, 0.4) is 0 Å². The van der Waals surface area contributed by atoms with E-state index in [1.807, 2.05) is 30.3 Å². The van der Waals surface area contributed by atoms with Gasteiger partial charge in [-0.1, -0.05) is 18.2 Å². The quantitative estimate of drug-likeness (QED) is 0.710. The van der Waals surface area contributed by atoms with Crippen LogP contribution in [0, 0.1) is 0 Å². The van der Waals surface area contributed by atoms with Gasteiger partial charge in [-0.15, -0.1) is 12.4 Å². The van der Waals surface area contributed by atoms with Crippen molar-refractivity contribution in [2.75, 3.05) is 51.3 Å². The molecule has 2 heterocycles. The van der Waals surface area contributed by atoms with Gasteiger partial charge in [-0.2, -0.15) is 0 Å². The average Bonchev–Trinajstić information content (AvgIpc) is 3.03. The van der Waals surface area contributed by atoms with E-state index in [0.29, 0.717) is 26.1 Å². The third kappa shape index (κ3) is 5.14. The molecule has 9 heteroatoms. The Labute approximate surface area is 171 Å². The van der Waals surface area contributed by atoms with E-state index in [4.69, 9.17) is 4.74 Å². The van der Waals surface area contributed by atoms with Crippen molar-refractivity contribution < 1.29 is 19.1 Å². The second-order valence-corrected chi connectivity index (χ2v) is 6.76. The van der Waals surface area contributed by atoms with Crippen molar-refractivity contribution in [2.45, 2.75) is 18.9 Å². The highest BCUT2D eigenvalue weighted by molar-refractivity contribution is 5.97. The number of rotatable bonds is 6. The van der Waals surface area contributed by atoms with Gasteiger partial charge in [0.2, 0.25) is 5.91 Å². The Morgan fingerprint density at radius 3 is 2.50 bits per heavy atom. The van der Waals surface area contributed by atoms with E-state index in [1.54, 1.807) is 14.7 Å². The number of halogens is 1. The SMILES string of the molecule is COC(=O)CCC1CN(c2ccccc2)C(=O)N1CC(=O)N1CCNCC1.Cl. The van der Waals surface area contributed by atoms with Crippen LogP contribution in [0.25, 0.3) is 0 Å². The largest absolute Gasteiger partial charge is 0.469 e. The molecule has 1 aromatic carbocycles. The van der Waals surface area contributed by atoms with Gasteiger partial charge in [0.1, 0.15) is 6.54 Å². The fourth-order valence-electron chi connectivity index (χ4n) is 3.51. The number of para-hydroxylation sites is 1. The van der Waals surface area contributed by atoms with E-state index >= 15 is 0 Å². The van der Waals surface area contributed by atoms with Gasteiger partial charge < -0.3 is 19.9 Å². The summed E-state index contributed by atoms with van der Waals surface area (Å²) in [5.74, 6) is -0.364. The molecule has 1 unspecified atom stereocenters. The number of carbonyl (C=O) groups is 3. The topological polar surface area (TPSA) is 82.2 Å². The third-order valence-corrected chi connectivity index (χ3v) is 5.06. The van der Waals surface area contributed by atoms with Crippen molar-refractivity contribution in [3.63, 3.8) is 0 Å². The first-order chi connectivity index (χ1) is 13.1. The lowest BCUT2D eigenvalue weighted by Crippen LogP contribution is -2.51. The summed E-state index contributed by atoms with van der Waals surface area (Å²) in [5, 5.41) is 3.21. The maximum absolute atomic E-state index is 13.0. The van der Waals surface area contributed by atoms with Crippen LogP contribution >= 0.6 is 12.4 Å². The minimum atomic E-state index is -0.311. The Bertz CT molecular complexity index is 682. The number of hydrogen-bond donors (Lipinski definition) is 1. The van der Waals surface area contributed by atoms with Crippen LogP contribution in [-0.2, 0) is 14.3 Å². The van der Waals surface area contributed by atoms with Crippen molar-refractivity contribution in [3.05, 3.63) is 30.3 Å². The maximum atomic E-state index is 13.0. The molecule has 28 heavy (non-hydrogen) atoms. The van der Waals surface area contributed by atoms with E-state index in [1.165, 1.54) is 7.11 Å². The first-order valence-corrected chi connectivity index (χ1v) is 9.28. The lowest BCUT2D eigenvalue weighted by Gasteiger charge is -2.30. The Morgan fingerprint density at radius 1 is 1.18 bits per heavy atom. The first-order valence-electron chi connectivity index (χ1n) is 9.28. The summed E-state index contributed by atoms with van der Waals surface area (Å²) in [5.41, 5.74) is 0.794. The minimum absolute atomic E-state index is 0. The number of carbonyl (C=O) groups excluding carboxylic acids is 3. The molecule has 0 aromatic heterocycles. The second-order valence-electron chi connectivity index (χ2n) is 6.76. The van der Waals surface area contributed by atoms with E-state index in [9.17, 15) is 14.4 Å². The number of anilines is 1. The van der Waals surface area contributed by atoms with E-state index in [2.05, 4.69) is 5.32 Å². The number of urea groups is 1. The minimum Gasteiger partial charge on any atom is -0.469 e. The highest BCUT2D eigenvalue weighted by atomic mass is 35.5. The lowest BCUT2D eigenvalue weighted by atomic mass is 10.1. The predicted molar refractivity (Wildman–Crippen MR) is 108 cm³/mol. The molecule has 0 spiro atoms. The molecule has 2 fully saturated rings. The monoisotopic (exact) mass is 410 g/mol. The molecule has 0 aliphatic carbocycles. The van der Waals surface area contributed by atoms with Gasteiger partial charge in [-0.25, -0.2) is 4.79 Å². The van der Waals surface area contributed by atoms with Crippen LogP contribution in [-0.4, -0.2) is 80.1 Å². The van der Waals surface area contributed by atoms with Gasteiger partial charge in [0.25, 0.3) is 0 Å². The van der Waals surface area contributed by atoms with Crippen LogP contribution in [0.4, 0.5) is 10.5 Å². The van der Waals surface area contributed by atoms with E-state index in [0.717, 1.165) is 18.8 Å². The molecule has 2 aliphatic rings. The molecular weight excluding hydrogens is 384 g/mol. The standard InChI is InChI=1S/C19H26N4O4.ClH/c1-27-18(25)8-7-16-13-22(15-5-3-2-4-6-15)19(26)23(16)14-17(24)21-11-9-20-10-12-21;/h2-6,16,20H,7-14H2,1H3;1H. The number of hydrogen-bond acceptors (Lipinski definition) is 5. The van der Waals surface area contributed by atoms with Crippen LogP contribution in [0.5, 0.6) is 0 Å². The fourth-order valence-corrected chi connectivity index (χ4v) is 3.51. The van der Waals surface area contributed by atoms with Crippen LogP contribution < -0.4 is 10.2 Å². The van der Waals surface area contributed by atoms with Crippen molar-refractivity contribution in [1.82, 2.24) is 15.1 Å². The van der Waals surface area contributed by atoms with Gasteiger partial charge >= 0.3 is 12.0 Å². The number of nitrogens with one attached hydrogen (secondary N) is 1. The van der Waals surface area contributed by atoms with Crippen LogP contribution in [0.2, 0.25) is 0 Å². The van der Waals surface area contributed by atoms with Crippen molar-refractivity contribution in [3.8, 4) is 0 Å². The average molecular weight is 411 g/mol. The van der Waals surface area contributed by atoms with E-state index in [-0.39, 0.29) is 49.3 Å². The molecule has 154 valence electrons. The fraction of sp³-hybridized carbons (Fsp3) is 0.526. The smallest absolute Gasteiger partial charge is 0.325 e. The summed E-state index contributed by atoms with van der Waals surface area (Å²) in [7, 11) is 1.35. The zero-order chi connectivity index (χ0) is 19.2. The summed E-state index contributed by atoms with van der Waals surface area (Å²) >= 11 is 0. The molecule has 1 aromatic rings. The molecular formula is C19H27ClN4O4. The van der Waals surface area contributed by atoms with Gasteiger partial charge in [0.15, 0.2) is 0 Å². The molecule has 8 nitrogen and oxygen atoms in total. The number of methoxy groups -OCH3 is 1. The first kappa shape index (κ1) is 22.0. The highest BCUT2D eigenvalue weighted by Crippen LogP contribution is 2.26. The Morgan fingerprint density at radius 2 is 1.86 bits per heavy atom. The number of amides is 3. The summed E-state index contributed by atoms with van der Waals surface area (Å²) < 4.78 is 4.72. The van der Waals surface area contributed by atoms with Crippen molar-refractivity contribution >= 4 is 36.0 Å². The number of ether oxygens (including phenoxy) is 1.